The molecule has 4 rings (SSSR count). The van der Waals surface area contributed by atoms with E-state index in [1.165, 1.54) is 13.2 Å². The van der Waals surface area contributed by atoms with Crippen molar-refractivity contribution >= 4 is 62.5 Å². The van der Waals surface area contributed by atoms with E-state index < -0.39 is 75.1 Å². The van der Waals surface area contributed by atoms with E-state index in [1.54, 1.807) is 30.3 Å². The standard InChI is InChI=1S/C24H35NO6Si.C18H21NO6.C6H15ClSi.CH4/c1-8-14-24(17-31-32(6,7)23(2,3)4)19(26)15-25(20(24)21(27)29-5)22(28)30-16-18-12-10-9-11-13-18;1-3-9-18(12-20)14(21)10-19(15(18)16(22)24-2)17(23)25-11-13-7-5-4-6-8-13;1-6(2,3)8(4,5)7;/h8-13,20H,1,14-17H2,2-7H3;3-8,15,20H,1,9-12H2,2H3;1-5H3;1H4/t20-,24+;15-,18+;;/m11../s1. The monoisotopic (exact) mass is 974 g/mol. The summed E-state index contributed by atoms with van der Waals surface area (Å²) in [5.41, 5.74) is -1.15. The third-order valence-corrected chi connectivity index (χ3v) is 22.5. The quantitative estimate of drug-likeness (QED) is 0.0625. The van der Waals surface area contributed by atoms with Gasteiger partial charge < -0.3 is 28.5 Å². The molecule has 0 radical (unpaired) electrons. The number of ether oxygens (including phenoxy) is 4. The number of nitrogens with zero attached hydrogens (tertiary/aromatic N) is 2. The average molecular weight is 976 g/mol. The van der Waals surface area contributed by atoms with Crippen molar-refractivity contribution in [1.82, 2.24) is 9.80 Å². The van der Waals surface area contributed by atoms with Crippen molar-refractivity contribution in [2.24, 2.45) is 10.8 Å². The number of Topliss-reactive ketones (excluding diaryl/α,β-unsaturated/α-hetero) is 2. The number of ketones is 2. The number of esters is 2. The summed E-state index contributed by atoms with van der Waals surface area (Å²) in [5.74, 6) is -2.14. The minimum absolute atomic E-state index is 0. The first kappa shape index (κ1) is 59.4. The number of likely N-dealkylation sites (tertiary alicyclic amines) is 2. The summed E-state index contributed by atoms with van der Waals surface area (Å²) in [7, 11) is -1.22. The fourth-order valence-electron chi connectivity index (χ4n) is 6.53. The van der Waals surface area contributed by atoms with E-state index in [0.29, 0.717) is 5.04 Å². The van der Waals surface area contributed by atoms with Gasteiger partial charge in [-0.3, -0.25) is 19.4 Å². The van der Waals surface area contributed by atoms with Crippen LogP contribution in [-0.4, -0.2) is 119 Å². The largest absolute Gasteiger partial charge is 0.467 e. The van der Waals surface area contributed by atoms with Gasteiger partial charge in [0.05, 0.1) is 44.7 Å². The lowest BCUT2D eigenvalue weighted by Gasteiger charge is -2.40. The number of hydrogen-bond acceptors (Lipinski definition) is 12. The van der Waals surface area contributed by atoms with Crippen LogP contribution in [0.25, 0.3) is 0 Å². The number of hydrogen-bond donors (Lipinski definition) is 1. The van der Waals surface area contributed by atoms with Crippen molar-refractivity contribution < 1.29 is 57.2 Å². The number of allylic oxidation sites excluding steroid dienone is 2. The van der Waals surface area contributed by atoms with Crippen LogP contribution >= 0.6 is 11.1 Å². The molecule has 2 aliphatic rings. The number of halogens is 1. The molecule has 0 saturated carbocycles. The van der Waals surface area contributed by atoms with Gasteiger partial charge in [0.2, 0.25) is 0 Å². The van der Waals surface area contributed by atoms with E-state index >= 15 is 0 Å². The maximum Gasteiger partial charge on any atom is 0.411 e. The lowest BCUT2D eigenvalue weighted by Crippen LogP contribution is -2.54. The van der Waals surface area contributed by atoms with E-state index in [9.17, 15) is 33.9 Å². The lowest BCUT2D eigenvalue weighted by atomic mass is 9.77. The van der Waals surface area contributed by atoms with Crippen molar-refractivity contribution in [1.29, 1.82) is 0 Å². The molecule has 2 aromatic carbocycles. The summed E-state index contributed by atoms with van der Waals surface area (Å²) in [6.07, 6.45) is 1.69. The predicted octanol–water partition coefficient (Wildman–Crippen LogP) is 9.50. The zero-order valence-corrected chi connectivity index (χ0v) is 43.1. The molecule has 2 aliphatic heterocycles. The molecule has 0 bridgehead atoms. The maximum absolute atomic E-state index is 13.3. The highest BCUT2D eigenvalue weighted by Gasteiger charge is 2.61. The summed E-state index contributed by atoms with van der Waals surface area (Å²) in [6.45, 7) is 27.6. The smallest absolute Gasteiger partial charge is 0.411 e. The Morgan fingerprint density at radius 2 is 1.06 bits per heavy atom. The molecule has 368 valence electrons. The molecule has 2 fully saturated rings. The van der Waals surface area contributed by atoms with Gasteiger partial charge in [0.15, 0.2) is 27.3 Å². The Hall–Kier alpha value is -4.62. The number of methoxy groups -OCH3 is 2. The molecule has 0 unspecified atom stereocenters. The third-order valence-electron chi connectivity index (χ3n) is 12.7. The van der Waals surface area contributed by atoms with Crippen molar-refractivity contribution in [3.63, 3.8) is 0 Å². The number of rotatable bonds is 14. The predicted molar refractivity (Wildman–Crippen MR) is 263 cm³/mol. The van der Waals surface area contributed by atoms with E-state index in [4.69, 9.17) is 34.5 Å². The van der Waals surface area contributed by atoms with Gasteiger partial charge >= 0.3 is 24.1 Å². The summed E-state index contributed by atoms with van der Waals surface area (Å²) < 4.78 is 26.8. The molecule has 14 nitrogen and oxygen atoms in total. The van der Waals surface area contributed by atoms with Crippen LogP contribution in [0.2, 0.25) is 36.3 Å². The van der Waals surface area contributed by atoms with Gasteiger partial charge in [0.1, 0.15) is 25.3 Å². The Kier molecular flexibility index (Phi) is 22.5. The van der Waals surface area contributed by atoms with Crippen molar-refractivity contribution in [2.45, 2.75) is 123 Å². The highest BCUT2D eigenvalue weighted by Crippen LogP contribution is 2.44. The van der Waals surface area contributed by atoms with Crippen LogP contribution in [0.1, 0.15) is 72.9 Å². The normalized spacial score (nSPS) is 20.6. The van der Waals surface area contributed by atoms with Crippen LogP contribution in [0.4, 0.5) is 9.59 Å². The van der Waals surface area contributed by atoms with Crippen LogP contribution in [0.3, 0.4) is 0 Å². The number of amides is 2. The lowest BCUT2D eigenvalue weighted by molar-refractivity contribution is -0.152. The molecule has 4 atom stereocenters. The molecule has 0 aromatic heterocycles. The van der Waals surface area contributed by atoms with E-state index in [2.05, 4.69) is 80.9 Å². The first-order valence-corrected chi connectivity index (χ1v) is 28.4. The van der Waals surface area contributed by atoms with E-state index in [0.717, 1.165) is 28.0 Å². The molecule has 2 saturated heterocycles. The van der Waals surface area contributed by atoms with Gasteiger partial charge in [-0.05, 0) is 47.1 Å². The SMILES string of the molecule is C.C=CC[C@]1(CO)C(=O)CN(C(=O)OCc2ccccc2)[C@@H]1C(=O)OC.C=CC[C@]1(CO[Si](C)(C)C(C)(C)C)C(=O)CN(C(=O)OCc2ccccc2)[C@@H]1C(=O)OC.CC(C)(C)[Si](C)(C)Cl. The fraction of sp³-hybridized carbons (Fsp3) is 0.551. The Labute approximate surface area is 399 Å². The number of aliphatic hydroxyl groups excluding tert-OH is 1. The highest BCUT2D eigenvalue weighted by atomic mass is 35.6. The highest BCUT2D eigenvalue weighted by molar-refractivity contribution is 7.20. The third kappa shape index (κ3) is 14.7. The van der Waals surface area contributed by atoms with Crippen molar-refractivity contribution in [3.8, 4) is 0 Å². The molecule has 17 heteroatoms. The molecule has 2 amide bonds. The second-order valence-electron chi connectivity index (χ2n) is 19.3. The van der Waals surface area contributed by atoms with Crippen LogP contribution in [-0.2, 0) is 55.8 Å². The summed E-state index contributed by atoms with van der Waals surface area (Å²) in [6, 6.07) is 15.8. The Morgan fingerprint density at radius 3 is 1.38 bits per heavy atom. The number of carbonyl (C=O) groups is 6. The van der Waals surface area contributed by atoms with Gasteiger partial charge in [0.25, 0.3) is 0 Å². The molecule has 2 aromatic rings. The van der Waals surface area contributed by atoms with Crippen LogP contribution < -0.4 is 0 Å². The molecule has 0 aliphatic carbocycles. The Morgan fingerprint density at radius 1 is 0.712 bits per heavy atom. The molecule has 1 N–H and O–H groups in total. The van der Waals surface area contributed by atoms with Gasteiger partial charge in [-0.25, -0.2) is 19.2 Å². The van der Waals surface area contributed by atoms with E-state index in [1.807, 2.05) is 36.4 Å². The van der Waals surface area contributed by atoms with Crippen LogP contribution in [0.15, 0.2) is 86.0 Å². The molecule has 0 spiro atoms. The minimum atomic E-state index is -2.23. The summed E-state index contributed by atoms with van der Waals surface area (Å²) in [5, 5.41) is 10.0. The van der Waals surface area contributed by atoms with Gasteiger partial charge in [0, 0.05) is 6.61 Å². The average Bonchev–Trinajstić information content (AvgIpc) is 3.70. The molecular formula is C49H75ClN2O12Si2. The second kappa shape index (κ2) is 24.9. The van der Waals surface area contributed by atoms with E-state index in [-0.39, 0.29) is 64.0 Å². The zero-order valence-electron chi connectivity index (χ0n) is 40.4. The Bertz CT molecular complexity index is 1950. The number of aliphatic hydroxyl groups is 1. The Balaban J connectivity index is 0.000000569. The first-order chi connectivity index (χ1) is 30.1. The van der Waals surface area contributed by atoms with Gasteiger partial charge in [-0.1, -0.05) is 135 Å². The molecular weight excluding hydrogens is 900 g/mol. The van der Waals surface area contributed by atoms with Gasteiger partial charge in [-0.2, -0.15) is 11.1 Å². The minimum Gasteiger partial charge on any atom is -0.467 e. The molecule has 66 heavy (non-hydrogen) atoms. The summed E-state index contributed by atoms with van der Waals surface area (Å²) >= 11 is 6.15. The number of carbonyl (C=O) groups excluding carboxylic acids is 6. The van der Waals surface area contributed by atoms with Crippen LogP contribution in [0, 0.1) is 10.8 Å². The van der Waals surface area contributed by atoms with Crippen molar-refractivity contribution in [2.75, 3.05) is 40.5 Å². The topological polar surface area (TPSA) is 175 Å². The van der Waals surface area contributed by atoms with Gasteiger partial charge in [-0.15, -0.1) is 13.2 Å². The zero-order chi connectivity index (χ0) is 49.6. The fourth-order valence-corrected chi connectivity index (χ4v) is 7.58. The maximum atomic E-state index is 13.3. The second-order valence-corrected chi connectivity index (χ2v) is 31.4. The summed E-state index contributed by atoms with van der Waals surface area (Å²) in [4.78, 5) is 78.4. The van der Waals surface area contributed by atoms with Crippen molar-refractivity contribution in [3.05, 3.63) is 97.1 Å². The first-order valence-electron chi connectivity index (χ1n) is 21.5. The number of benzene rings is 2. The van der Waals surface area contributed by atoms with Crippen LogP contribution in [0.5, 0.6) is 0 Å². The molecule has 2 heterocycles.